The summed E-state index contributed by atoms with van der Waals surface area (Å²) in [5, 5.41) is 3.56. The van der Waals surface area contributed by atoms with Gasteiger partial charge in [-0.25, -0.2) is 4.98 Å². The van der Waals surface area contributed by atoms with Crippen LogP contribution in [-0.4, -0.2) is 11.0 Å². The van der Waals surface area contributed by atoms with Gasteiger partial charge in [0.15, 0.2) is 0 Å². The van der Waals surface area contributed by atoms with Crippen LogP contribution >= 0.6 is 0 Å². The molecule has 1 atom stereocenters. The maximum atomic E-state index is 4.38. The van der Waals surface area contributed by atoms with E-state index in [2.05, 4.69) is 30.2 Å². The normalized spacial score (nSPS) is 17.5. The van der Waals surface area contributed by atoms with Crippen LogP contribution in [0.5, 0.6) is 0 Å². The third-order valence-electron chi connectivity index (χ3n) is 3.16. The Bertz CT molecular complexity index is 318. The largest absolute Gasteiger partial charge is 0.367 e. The maximum absolute atomic E-state index is 4.38. The molecule has 1 N–H and O–H groups in total. The lowest BCUT2D eigenvalue weighted by Gasteiger charge is -2.18. The standard InChI is InChI=1S/C13H20N2/c1-3-12(9-11-6-7-11)15-13-10(2)5-4-8-14-13/h4-5,8,11-12H,3,6-7,9H2,1-2H3,(H,14,15). The third kappa shape index (κ3) is 2.95. The minimum absolute atomic E-state index is 0.603. The molecule has 82 valence electrons. The second-order valence-electron chi connectivity index (χ2n) is 4.60. The molecular formula is C13H20N2. The van der Waals surface area contributed by atoms with Crippen molar-refractivity contribution in [1.82, 2.24) is 4.98 Å². The molecule has 2 heteroatoms. The van der Waals surface area contributed by atoms with Crippen LogP contribution in [0.3, 0.4) is 0 Å². The second kappa shape index (κ2) is 4.65. The number of nitrogens with one attached hydrogen (secondary N) is 1. The highest BCUT2D eigenvalue weighted by Gasteiger charge is 2.24. The van der Waals surface area contributed by atoms with Crippen molar-refractivity contribution in [3.8, 4) is 0 Å². The predicted octanol–water partition coefficient (Wildman–Crippen LogP) is 3.38. The van der Waals surface area contributed by atoms with E-state index >= 15 is 0 Å². The first-order valence-electron chi connectivity index (χ1n) is 5.97. The molecule has 0 bridgehead atoms. The van der Waals surface area contributed by atoms with Gasteiger partial charge in [-0.15, -0.1) is 0 Å². The van der Waals surface area contributed by atoms with Crippen LogP contribution in [0.25, 0.3) is 0 Å². The van der Waals surface area contributed by atoms with Crippen LogP contribution in [0.15, 0.2) is 18.3 Å². The first kappa shape index (κ1) is 10.5. The molecule has 2 rings (SSSR count). The molecule has 1 aliphatic carbocycles. The van der Waals surface area contributed by atoms with Crippen LogP contribution in [0.1, 0.15) is 38.2 Å². The summed E-state index contributed by atoms with van der Waals surface area (Å²) in [5.74, 6) is 2.04. The Kier molecular flexibility index (Phi) is 3.24. The highest BCUT2D eigenvalue weighted by Crippen LogP contribution is 2.34. The van der Waals surface area contributed by atoms with E-state index in [1.54, 1.807) is 0 Å². The molecule has 0 radical (unpaired) electrons. The smallest absolute Gasteiger partial charge is 0.129 e. The summed E-state index contributed by atoms with van der Waals surface area (Å²) in [6.07, 6.45) is 7.22. The molecule has 1 unspecified atom stereocenters. The number of aryl methyl sites for hydroxylation is 1. The van der Waals surface area contributed by atoms with Gasteiger partial charge in [-0.3, -0.25) is 0 Å². The van der Waals surface area contributed by atoms with Crippen LogP contribution in [0.4, 0.5) is 5.82 Å². The predicted molar refractivity (Wildman–Crippen MR) is 64.0 cm³/mol. The molecule has 0 aromatic carbocycles. The average Bonchev–Trinajstić information content (AvgIpc) is 3.04. The quantitative estimate of drug-likeness (QED) is 0.795. The fourth-order valence-electron chi connectivity index (χ4n) is 1.91. The molecule has 0 saturated heterocycles. The van der Waals surface area contributed by atoms with E-state index in [1.165, 1.54) is 31.2 Å². The number of aromatic nitrogens is 1. The Labute approximate surface area is 92.1 Å². The summed E-state index contributed by atoms with van der Waals surface area (Å²) in [7, 11) is 0. The summed E-state index contributed by atoms with van der Waals surface area (Å²) in [4.78, 5) is 4.38. The van der Waals surface area contributed by atoms with Gasteiger partial charge >= 0.3 is 0 Å². The first-order valence-corrected chi connectivity index (χ1v) is 5.97. The zero-order valence-electron chi connectivity index (χ0n) is 9.66. The van der Waals surface area contributed by atoms with E-state index in [0.29, 0.717) is 6.04 Å². The van der Waals surface area contributed by atoms with E-state index < -0.39 is 0 Å². The number of anilines is 1. The summed E-state index contributed by atoms with van der Waals surface area (Å²) in [6.45, 7) is 4.36. The monoisotopic (exact) mass is 204 g/mol. The number of rotatable bonds is 5. The van der Waals surface area contributed by atoms with Gasteiger partial charge in [0.25, 0.3) is 0 Å². The van der Waals surface area contributed by atoms with Crippen LogP contribution < -0.4 is 5.32 Å². The zero-order chi connectivity index (χ0) is 10.7. The topological polar surface area (TPSA) is 24.9 Å². The van der Waals surface area contributed by atoms with E-state index in [0.717, 1.165) is 11.7 Å². The number of pyridine rings is 1. The van der Waals surface area contributed by atoms with Crippen molar-refractivity contribution in [2.75, 3.05) is 5.32 Å². The van der Waals surface area contributed by atoms with E-state index in [-0.39, 0.29) is 0 Å². The van der Waals surface area contributed by atoms with E-state index in [9.17, 15) is 0 Å². The maximum Gasteiger partial charge on any atom is 0.129 e. The Morgan fingerprint density at radius 3 is 2.93 bits per heavy atom. The van der Waals surface area contributed by atoms with Crippen LogP contribution in [-0.2, 0) is 0 Å². The summed E-state index contributed by atoms with van der Waals surface area (Å²) in [6, 6.07) is 4.70. The molecule has 2 nitrogen and oxygen atoms in total. The molecule has 1 fully saturated rings. The Hall–Kier alpha value is -1.05. The second-order valence-corrected chi connectivity index (χ2v) is 4.60. The molecule has 0 amide bonds. The third-order valence-corrected chi connectivity index (χ3v) is 3.16. The lowest BCUT2D eigenvalue weighted by Crippen LogP contribution is -2.20. The molecule has 1 saturated carbocycles. The van der Waals surface area contributed by atoms with Crippen molar-refractivity contribution in [1.29, 1.82) is 0 Å². The van der Waals surface area contributed by atoms with Crippen molar-refractivity contribution in [2.45, 2.75) is 45.6 Å². The van der Waals surface area contributed by atoms with Crippen molar-refractivity contribution in [3.63, 3.8) is 0 Å². The zero-order valence-corrected chi connectivity index (χ0v) is 9.66. The molecular weight excluding hydrogens is 184 g/mol. The highest BCUT2D eigenvalue weighted by atomic mass is 15.0. The Morgan fingerprint density at radius 2 is 2.33 bits per heavy atom. The molecule has 1 aromatic rings. The van der Waals surface area contributed by atoms with Gasteiger partial charge in [0.1, 0.15) is 5.82 Å². The number of nitrogens with zero attached hydrogens (tertiary/aromatic N) is 1. The fourth-order valence-corrected chi connectivity index (χ4v) is 1.91. The summed E-state index contributed by atoms with van der Waals surface area (Å²) in [5.41, 5.74) is 1.24. The highest BCUT2D eigenvalue weighted by molar-refractivity contribution is 5.43. The fraction of sp³-hybridized carbons (Fsp3) is 0.615. The van der Waals surface area contributed by atoms with E-state index in [1.807, 2.05) is 12.3 Å². The molecule has 0 aliphatic heterocycles. The lowest BCUT2D eigenvalue weighted by molar-refractivity contribution is 0.585. The van der Waals surface area contributed by atoms with Gasteiger partial charge in [-0.05, 0) is 37.3 Å². The summed E-state index contributed by atoms with van der Waals surface area (Å²) < 4.78 is 0. The molecule has 1 heterocycles. The lowest BCUT2D eigenvalue weighted by atomic mass is 10.1. The average molecular weight is 204 g/mol. The van der Waals surface area contributed by atoms with Crippen molar-refractivity contribution in [3.05, 3.63) is 23.9 Å². The molecule has 1 aliphatic rings. The van der Waals surface area contributed by atoms with Crippen molar-refractivity contribution in [2.24, 2.45) is 5.92 Å². The Balaban J connectivity index is 1.95. The van der Waals surface area contributed by atoms with Gasteiger partial charge in [0, 0.05) is 12.2 Å². The van der Waals surface area contributed by atoms with Gasteiger partial charge in [0.05, 0.1) is 0 Å². The van der Waals surface area contributed by atoms with Crippen LogP contribution in [0.2, 0.25) is 0 Å². The minimum atomic E-state index is 0.603. The van der Waals surface area contributed by atoms with Gasteiger partial charge in [0.2, 0.25) is 0 Å². The number of hydrogen-bond donors (Lipinski definition) is 1. The summed E-state index contributed by atoms with van der Waals surface area (Å²) >= 11 is 0. The van der Waals surface area contributed by atoms with Crippen molar-refractivity contribution < 1.29 is 0 Å². The number of hydrogen-bond acceptors (Lipinski definition) is 2. The molecule has 0 spiro atoms. The van der Waals surface area contributed by atoms with Gasteiger partial charge < -0.3 is 5.32 Å². The minimum Gasteiger partial charge on any atom is -0.367 e. The van der Waals surface area contributed by atoms with E-state index in [4.69, 9.17) is 0 Å². The first-order chi connectivity index (χ1) is 7.29. The molecule has 15 heavy (non-hydrogen) atoms. The molecule has 1 aromatic heterocycles. The van der Waals surface area contributed by atoms with Crippen molar-refractivity contribution >= 4 is 5.82 Å². The Morgan fingerprint density at radius 1 is 1.53 bits per heavy atom. The van der Waals surface area contributed by atoms with Crippen LogP contribution in [0, 0.1) is 12.8 Å². The van der Waals surface area contributed by atoms with Gasteiger partial charge in [-0.1, -0.05) is 25.8 Å². The van der Waals surface area contributed by atoms with Gasteiger partial charge in [-0.2, -0.15) is 0 Å². The SMILES string of the molecule is CCC(CC1CC1)Nc1ncccc1C.